The fraction of sp³-hybridized carbons (Fsp3) is 0.636. The Bertz CT molecular complexity index is 279. The van der Waals surface area contributed by atoms with Crippen LogP contribution in [0, 0.1) is 6.92 Å². The van der Waals surface area contributed by atoms with Gasteiger partial charge in [0.15, 0.2) is 0 Å². The number of nitrogens with zero attached hydrogens (tertiary/aromatic N) is 1. The predicted octanol–water partition coefficient (Wildman–Crippen LogP) is 2.40. The van der Waals surface area contributed by atoms with Gasteiger partial charge in [-0.1, -0.05) is 0 Å². The zero-order valence-electron chi connectivity index (χ0n) is 9.45. The highest BCUT2D eigenvalue weighted by Crippen LogP contribution is 2.30. The number of hydrogen-bond donors (Lipinski definition) is 1. The molecule has 2 unspecified atom stereocenters. The van der Waals surface area contributed by atoms with Crippen LogP contribution in [0.25, 0.3) is 0 Å². The van der Waals surface area contributed by atoms with E-state index < -0.39 is 0 Å². The van der Waals surface area contributed by atoms with E-state index in [0.29, 0.717) is 6.04 Å². The number of nitrogens with two attached hydrogens (primary N) is 1. The molecule has 1 aromatic heterocycles. The van der Waals surface area contributed by atoms with Gasteiger partial charge in [0, 0.05) is 17.0 Å². The maximum atomic E-state index is 5.87. The van der Waals surface area contributed by atoms with E-state index in [1.807, 2.05) is 11.3 Å². The zero-order chi connectivity index (χ0) is 10.7. The summed E-state index contributed by atoms with van der Waals surface area (Å²) in [5.74, 6) is 0. The molecule has 14 heavy (non-hydrogen) atoms. The van der Waals surface area contributed by atoms with E-state index >= 15 is 0 Å². The first kappa shape index (κ1) is 11.7. The second-order valence-electron chi connectivity index (χ2n) is 4.16. The van der Waals surface area contributed by atoms with Gasteiger partial charge in [0.25, 0.3) is 0 Å². The highest BCUT2D eigenvalue weighted by molar-refractivity contribution is 7.10. The number of thiophene rings is 1. The van der Waals surface area contributed by atoms with Crippen LogP contribution in [0.1, 0.15) is 29.8 Å². The van der Waals surface area contributed by atoms with E-state index in [1.54, 1.807) is 0 Å². The van der Waals surface area contributed by atoms with E-state index in [1.165, 1.54) is 10.4 Å². The molecule has 0 radical (unpaired) electrons. The maximum Gasteiger partial charge on any atom is 0.0452 e. The Morgan fingerprint density at radius 1 is 1.50 bits per heavy atom. The Hall–Kier alpha value is -0.380. The van der Waals surface area contributed by atoms with Crippen molar-refractivity contribution in [1.82, 2.24) is 4.90 Å². The lowest BCUT2D eigenvalue weighted by Crippen LogP contribution is -2.27. The molecule has 2 N–H and O–H groups in total. The first-order valence-corrected chi connectivity index (χ1v) is 5.86. The van der Waals surface area contributed by atoms with Crippen molar-refractivity contribution in [3.63, 3.8) is 0 Å². The van der Waals surface area contributed by atoms with Gasteiger partial charge >= 0.3 is 0 Å². The van der Waals surface area contributed by atoms with Crippen LogP contribution in [0.2, 0.25) is 0 Å². The molecule has 3 heteroatoms. The van der Waals surface area contributed by atoms with Crippen LogP contribution < -0.4 is 5.73 Å². The topological polar surface area (TPSA) is 29.3 Å². The van der Waals surface area contributed by atoms with E-state index in [-0.39, 0.29) is 6.04 Å². The van der Waals surface area contributed by atoms with Gasteiger partial charge < -0.3 is 10.6 Å². The molecule has 2 atom stereocenters. The Labute approximate surface area is 90.7 Å². The molecule has 0 bridgehead atoms. The molecule has 0 fully saturated rings. The highest BCUT2D eigenvalue weighted by Gasteiger charge is 2.18. The van der Waals surface area contributed by atoms with E-state index in [4.69, 9.17) is 5.73 Å². The SMILES string of the molecule is Cc1ccsc1C(CC(C)N)N(C)C. The molecule has 0 aliphatic rings. The highest BCUT2D eigenvalue weighted by atomic mass is 32.1. The lowest BCUT2D eigenvalue weighted by atomic mass is 10.0. The molecule has 2 nitrogen and oxygen atoms in total. The molecule has 1 heterocycles. The number of aryl methyl sites for hydroxylation is 1. The molecule has 0 saturated carbocycles. The van der Waals surface area contributed by atoms with Crippen LogP contribution in [0.5, 0.6) is 0 Å². The van der Waals surface area contributed by atoms with Crippen molar-refractivity contribution in [3.8, 4) is 0 Å². The first-order valence-electron chi connectivity index (χ1n) is 4.98. The molecule has 1 rings (SSSR count). The minimum absolute atomic E-state index is 0.254. The fourth-order valence-electron chi connectivity index (χ4n) is 1.63. The van der Waals surface area contributed by atoms with Crippen molar-refractivity contribution in [2.24, 2.45) is 5.73 Å². The zero-order valence-corrected chi connectivity index (χ0v) is 10.3. The van der Waals surface area contributed by atoms with Gasteiger partial charge in [-0.2, -0.15) is 0 Å². The van der Waals surface area contributed by atoms with Crippen molar-refractivity contribution < 1.29 is 0 Å². The van der Waals surface area contributed by atoms with Crippen LogP contribution in [0.15, 0.2) is 11.4 Å². The lowest BCUT2D eigenvalue weighted by molar-refractivity contribution is 0.275. The van der Waals surface area contributed by atoms with Gasteiger partial charge in [0.2, 0.25) is 0 Å². The Morgan fingerprint density at radius 3 is 2.50 bits per heavy atom. The molecule has 1 aromatic rings. The molecule has 0 aromatic carbocycles. The minimum Gasteiger partial charge on any atom is -0.328 e. The minimum atomic E-state index is 0.254. The van der Waals surface area contributed by atoms with Gasteiger partial charge in [-0.25, -0.2) is 0 Å². The average Bonchev–Trinajstić information content (AvgIpc) is 2.46. The molecule has 0 aliphatic carbocycles. The summed E-state index contributed by atoms with van der Waals surface area (Å²) in [6.45, 7) is 4.24. The molecule has 0 spiro atoms. The summed E-state index contributed by atoms with van der Waals surface area (Å²) in [4.78, 5) is 3.70. The molecular formula is C11H20N2S. The van der Waals surface area contributed by atoms with Gasteiger partial charge in [0.1, 0.15) is 0 Å². The normalized spacial score (nSPS) is 15.9. The van der Waals surface area contributed by atoms with Gasteiger partial charge in [-0.15, -0.1) is 11.3 Å². The summed E-state index contributed by atoms with van der Waals surface area (Å²) in [6.07, 6.45) is 1.02. The summed E-state index contributed by atoms with van der Waals surface area (Å²) in [6, 6.07) is 2.90. The third kappa shape index (κ3) is 2.80. The molecule has 0 saturated heterocycles. The van der Waals surface area contributed by atoms with Crippen molar-refractivity contribution in [1.29, 1.82) is 0 Å². The van der Waals surface area contributed by atoms with Gasteiger partial charge in [0.05, 0.1) is 0 Å². The lowest BCUT2D eigenvalue weighted by Gasteiger charge is -2.25. The van der Waals surface area contributed by atoms with E-state index in [2.05, 4.69) is 44.3 Å². The summed E-state index contributed by atoms with van der Waals surface area (Å²) < 4.78 is 0. The smallest absolute Gasteiger partial charge is 0.0452 e. The van der Waals surface area contributed by atoms with Crippen molar-refractivity contribution in [2.45, 2.75) is 32.4 Å². The van der Waals surface area contributed by atoms with Crippen LogP contribution in [0.4, 0.5) is 0 Å². The maximum absolute atomic E-state index is 5.87. The second-order valence-corrected chi connectivity index (χ2v) is 5.11. The number of rotatable bonds is 4. The summed E-state index contributed by atoms with van der Waals surface area (Å²) in [5, 5.41) is 2.16. The van der Waals surface area contributed by atoms with Crippen LogP contribution in [-0.4, -0.2) is 25.0 Å². The standard InChI is InChI=1S/C11H20N2S/c1-8-5-6-14-11(8)10(13(3)4)7-9(2)12/h5-6,9-10H,7,12H2,1-4H3. The largest absolute Gasteiger partial charge is 0.328 e. The fourth-order valence-corrected chi connectivity index (χ4v) is 2.77. The molecular weight excluding hydrogens is 192 g/mol. The second kappa shape index (κ2) is 4.91. The van der Waals surface area contributed by atoms with Crippen molar-refractivity contribution >= 4 is 11.3 Å². The van der Waals surface area contributed by atoms with Crippen molar-refractivity contribution in [3.05, 3.63) is 21.9 Å². The third-order valence-corrected chi connectivity index (χ3v) is 3.54. The monoisotopic (exact) mass is 212 g/mol. The quantitative estimate of drug-likeness (QED) is 0.830. The first-order chi connectivity index (χ1) is 6.52. The summed E-state index contributed by atoms with van der Waals surface area (Å²) in [5.41, 5.74) is 7.25. The number of hydrogen-bond acceptors (Lipinski definition) is 3. The van der Waals surface area contributed by atoms with Gasteiger partial charge in [-0.05, 0) is 51.4 Å². The molecule has 80 valence electrons. The van der Waals surface area contributed by atoms with Crippen molar-refractivity contribution in [2.75, 3.05) is 14.1 Å². The van der Waals surface area contributed by atoms with E-state index in [9.17, 15) is 0 Å². The van der Waals surface area contributed by atoms with Crippen LogP contribution >= 0.6 is 11.3 Å². The third-order valence-electron chi connectivity index (χ3n) is 2.42. The molecule has 0 amide bonds. The summed E-state index contributed by atoms with van der Waals surface area (Å²) >= 11 is 1.83. The predicted molar refractivity (Wildman–Crippen MR) is 63.8 cm³/mol. The Morgan fingerprint density at radius 2 is 2.14 bits per heavy atom. The van der Waals surface area contributed by atoms with Crippen LogP contribution in [0.3, 0.4) is 0 Å². The molecule has 0 aliphatic heterocycles. The Kier molecular flexibility index (Phi) is 4.11. The van der Waals surface area contributed by atoms with Crippen LogP contribution in [-0.2, 0) is 0 Å². The average molecular weight is 212 g/mol. The van der Waals surface area contributed by atoms with Gasteiger partial charge in [-0.3, -0.25) is 0 Å². The summed E-state index contributed by atoms with van der Waals surface area (Å²) in [7, 11) is 4.23. The Balaban J connectivity index is 2.83. The van der Waals surface area contributed by atoms with E-state index in [0.717, 1.165) is 6.42 Å².